The van der Waals surface area contributed by atoms with Gasteiger partial charge in [-0.25, -0.2) is 4.79 Å². The molecule has 2 fully saturated rings. The van der Waals surface area contributed by atoms with E-state index in [0.29, 0.717) is 26.2 Å². The maximum atomic E-state index is 12.1. The molecule has 136 valence electrons. The minimum atomic E-state index is -0.259. The number of methoxy groups -OCH3 is 1. The van der Waals surface area contributed by atoms with E-state index in [1.165, 1.54) is 5.56 Å². The Kier molecular flexibility index (Phi) is 5.43. The normalized spacial score (nSPS) is 22.1. The number of nitrogens with zero attached hydrogens (tertiary/aromatic N) is 2. The molecule has 2 saturated heterocycles. The summed E-state index contributed by atoms with van der Waals surface area (Å²) >= 11 is 0. The van der Waals surface area contributed by atoms with Crippen molar-refractivity contribution in [2.75, 3.05) is 40.3 Å². The van der Waals surface area contributed by atoms with Crippen molar-refractivity contribution >= 4 is 12.0 Å². The lowest BCUT2D eigenvalue weighted by atomic mass is 10.1. The molecule has 0 saturated carbocycles. The maximum absolute atomic E-state index is 12.1. The molecule has 1 aromatic carbocycles. The van der Waals surface area contributed by atoms with E-state index in [-0.39, 0.29) is 24.1 Å². The molecule has 2 heterocycles. The number of hydrogen-bond acceptors (Lipinski definition) is 5. The highest BCUT2D eigenvalue weighted by atomic mass is 16.6. The second kappa shape index (κ2) is 7.74. The molecule has 2 atom stereocenters. The van der Waals surface area contributed by atoms with Crippen molar-refractivity contribution < 1.29 is 19.1 Å². The van der Waals surface area contributed by atoms with Crippen LogP contribution >= 0.6 is 0 Å². The molecule has 25 heavy (non-hydrogen) atoms. The van der Waals surface area contributed by atoms with Crippen molar-refractivity contribution in [3.05, 3.63) is 29.8 Å². The van der Waals surface area contributed by atoms with Gasteiger partial charge in [0.15, 0.2) is 0 Å². The molecule has 0 aromatic heterocycles. The fourth-order valence-electron chi connectivity index (χ4n) is 3.47. The van der Waals surface area contributed by atoms with Crippen LogP contribution in [0.15, 0.2) is 24.3 Å². The molecule has 1 N–H and O–H groups in total. The van der Waals surface area contributed by atoms with Crippen LogP contribution < -0.4 is 10.1 Å². The van der Waals surface area contributed by atoms with Crippen LogP contribution in [-0.4, -0.2) is 74.3 Å². The minimum absolute atomic E-state index is 0.0239. The first-order chi connectivity index (χ1) is 12.1. The van der Waals surface area contributed by atoms with Crippen LogP contribution in [0.4, 0.5) is 4.79 Å². The third-order valence-electron chi connectivity index (χ3n) is 4.83. The van der Waals surface area contributed by atoms with Gasteiger partial charge in [0.1, 0.15) is 11.9 Å². The molecule has 7 heteroatoms. The summed E-state index contributed by atoms with van der Waals surface area (Å²) in [6.45, 7) is 2.00. The summed E-state index contributed by atoms with van der Waals surface area (Å²) in [6.07, 6.45) is 1.28. The van der Waals surface area contributed by atoms with Crippen molar-refractivity contribution in [1.29, 1.82) is 0 Å². The van der Waals surface area contributed by atoms with E-state index < -0.39 is 0 Å². The van der Waals surface area contributed by atoms with E-state index in [9.17, 15) is 9.59 Å². The van der Waals surface area contributed by atoms with Gasteiger partial charge in [-0.2, -0.15) is 0 Å². The first-order valence-corrected chi connectivity index (χ1v) is 8.65. The highest BCUT2D eigenvalue weighted by Crippen LogP contribution is 2.27. The Labute approximate surface area is 147 Å². The molecule has 0 spiro atoms. The van der Waals surface area contributed by atoms with Crippen LogP contribution in [0.2, 0.25) is 0 Å². The largest absolute Gasteiger partial charge is 0.497 e. The standard InChI is InChI=1S/C18H25N3O4/c1-19-10-17(22)20-11-15-16(12-20)25-18(23)21(15)9-3-4-13-5-7-14(24-2)8-6-13/h5-8,15-16,19H,3-4,9-12H2,1-2H3/t15-,16+/m0/s1. The lowest BCUT2D eigenvalue weighted by molar-refractivity contribution is -0.129. The van der Waals surface area contributed by atoms with Gasteiger partial charge in [-0.1, -0.05) is 12.1 Å². The van der Waals surface area contributed by atoms with Gasteiger partial charge in [0.25, 0.3) is 0 Å². The number of hydrogen-bond donors (Lipinski definition) is 1. The minimum Gasteiger partial charge on any atom is -0.497 e. The molecular formula is C18H25N3O4. The first-order valence-electron chi connectivity index (χ1n) is 8.65. The fraction of sp³-hybridized carbons (Fsp3) is 0.556. The predicted octanol–water partition coefficient (Wildman–Crippen LogP) is 0.879. The molecule has 2 aliphatic heterocycles. The number of likely N-dealkylation sites (tertiary alicyclic amines) is 1. The number of carbonyl (C=O) groups excluding carboxylic acids is 2. The van der Waals surface area contributed by atoms with Crippen LogP contribution in [0.3, 0.4) is 0 Å². The van der Waals surface area contributed by atoms with E-state index in [1.807, 2.05) is 24.3 Å². The van der Waals surface area contributed by atoms with Crippen LogP contribution in [0.5, 0.6) is 5.75 Å². The highest BCUT2D eigenvalue weighted by molar-refractivity contribution is 5.79. The zero-order valence-electron chi connectivity index (χ0n) is 14.7. The average molecular weight is 347 g/mol. The summed E-state index contributed by atoms with van der Waals surface area (Å²) in [5, 5.41) is 2.87. The number of benzene rings is 1. The second-order valence-corrected chi connectivity index (χ2v) is 6.46. The zero-order valence-corrected chi connectivity index (χ0v) is 14.7. The van der Waals surface area contributed by atoms with Crippen LogP contribution in [0.1, 0.15) is 12.0 Å². The monoisotopic (exact) mass is 347 g/mol. The molecule has 0 unspecified atom stereocenters. The number of nitrogens with one attached hydrogen (secondary N) is 1. The summed E-state index contributed by atoms with van der Waals surface area (Å²) in [7, 11) is 3.40. The molecule has 2 aliphatic rings. The molecular weight excluding hydrogens is 322 g/mol. The Bertz CT molecular complexity index is 619. The summed E-state index contributed by atoms with van der Waals surface area (Å²) in [5.74, 6) is 0.887. The van der Waals surface area contributed by atoms with E-state index in [0.717, 1.165) is 18.6 Å². The molecule has 0 radical (unpaired) electrons. The topological polar surface area (TPSA) is 71.1 Å². The van der Waals surface area contributed by atoms with Gasteiger partial charge in [0, 0.05) is 13.1 Å². The Morgan fingerprint density at radius 2 is 2.08 bits per heavy atom. The number of ether oxygens (including phenoxy) is 2. The summed E-state index contributed by atoms with van der Waals surface area (Å²) in [4.78, 5) is 27.6. The van der Waals surface area contributed by atoms with Gasteiger partial charge in [-0.3, -0.25) is 9.69 Å². The number of carbonyl (C=O) groups is 2. The van der Waals surface area contributed by atoms with Crippen LogP contribution in [-0.2, 0) is 16.0 Å². The second-order valence-electron chi connectivity index (χ2n) is 6.46. The molecule has 2 amide bonds. The Balaban J connectivity index is 1.51. The van der Waals surface area contributed by atoms with Gasteiger partial charge in [0.2, 0.25) is 5.91 Å². The van der Waals surface area contributed by atoms with Gasteiger partial charge < -0.3 is 19.7 Å². The van der Waals surface area contributed by atoms with Gasteiger partial charge in [0.05, 0.1) is 26.2 Å². The summed E-state index contributed by atoms with van der Waals surface area (Å²) in [6, 6.07) is 7.94. The van der Waals surface area contributed by atoms with Crippen molar-refractivity contribution in [3.8, 4) is 5.75 Å². The number of rotatable bonds is 7. The number of aryl methyl sites for hydroxylation is 1. The molecule has 0 bridgehead atoms. The Hall–Kier alpha value is -2.28. The van der Waals surface area contributed by atoms with Gasteiger partial charge >= 0.3 is 6.09 Å². The third-order valence-corrected chi connectivity index (χ3v) is 4.83. The van der Waals surface area contributed by atoms with E-state index in [2.05, 4.69) is 5.32 Å². The predicted molar refractivity (Wildman–Crippen MR) is 92.6 cm³/mol. The van der Waals surface area contributed by atoms with Crippen molar-refractivity contribution in [2.45, 2.75) is 25.0 Å². The van der Waals surface area contributed by atoms with Gasteiger partial charge in [-0.15, -0.1) is 0 Å². The lowest BCUT2D eigenvalue weighted by Gasteiger charge is -2.22. The SMILES string of the molecule is CNCC(=O)N1C[C@H]2OC(=O)N(CCCc3ccc(OC)cc3)[C@H]2C1. The summed E-state index contributed by atoms with van der Waals surface area (Å²) in [5.41, 5.74) is 1.21. The molecule has 3 rings (SSSR count). The summed E-state index contributed by atoms with van der Waals surface area (Å²) < 4.78 is 10.6. The van der Waals surface area contributed by atoms with Crippen molar-refractivity contribution in [2.24, 2.45) is 0 Å². The quantitative estimate of drug-likeness (QED) is 0.793. The first kappa shape index (κ1) is 17.5. The average Bonchev–Trinajstić information content (AvgIpc) is 3.14. The fourth-order valence-corrected chi connectivity index (χ4v) is 3.47. The van der Waals surface area contributed by atoms with Crippen molar-refractivity contribution in [3.63, 3.8) is 0 Å². The Morgan fingerprint density at radius 3 is 2.76 bits per heavy atom. The maximum Gasteiger partial charge on any atom is 0.410 e. The lowest BCUT2D eigenvalue weighted by Crippen LogP contribution is -2.41. The number of amides is 2. The Morgan fingerprint density at radius 1 is 1.32 bits per heavy atom. The molecule has 1 aromatic rings. The zero-order chi connectivity index (χ0) is 17.8. The van der Waals surface area contributed by atoms with E-state index in [4.69, 9.17) is 9.47 Å². The molecule has 0 aliphatic carbocycles. The smallest absolute Gasteiger partial charge is 0.410 e. The van der Waals surface area contributed by atoms with Crippen LogP contribution in [0.25, 0.3) is 0 Å². The van der Waals surface area contributed by atoms with E-state index in [1.54, 1.807) is 24.0 Å². The van der Waals surface area contributed by atoms with Gasteiger partial charge in [-0.05, 0) is 37.6 Å². The van der Waals surface area contributed by atoms with Crippen molar-refractivity contribution in [1.82, 2.24) is 15.1 Å². The van der Waals surface area contributed by atoms with E-state index >= 15 is 0 Å². The molecule has 7 nitrogen and oxygen atoms in total. The highest BCUT2D eigenvalue weighted by Gasteiger charge is 2.48. The number of likely N-dealkylation sites (N-methyl/N-ethyl adjacent to an activating group) is 1. The van der Waals surface area contributed by atoms with Crippen LogP contribution in [0, 0.1) is 0 Å². The third kappa shape index (κ3) is 3.87. The number of fused-ring (bicyclic) bond motifs is 1.